The molecule has 0 atom stereocenters. The molecule has 2 heterocycles. The van der Waals surface area contributed by atoms with Crippen LogP contribution in [0.25, 0.3) is 0 Å². The predicted molar refractivity (Wildman–Crippen MR) is 82.4 cm³/mol. The van der Waals surface area contributed by atoms with Crippen LogP contribution in [0.15, 0.2) is 47.1 Å². The first-order valence-corrected chi connectivity index (χ1v) is 7.86. The average molecular weight is 303 g/mol. The average Bonchev–Trinajstić information content (AvgIpc) is 3.07. The van der Waals surface area contributed by atoms with Crippen molar-refractivity contribution in [2.45, 2.75) is 10.1 Å². The summed E-state index contributed by atoms with van der Waals surface area (Å²) in [7, 11) is 1.99. The first-order chi connectivity index (χ1) is 9.81. The number of anilines is 2. The molecule has 0 saturated carbocycles. The lowest BCUT2D eigenvalue weighted by atomic mass is 10.3. The lowest BCUT2D eigenvalue weighted by Gasteiger charge is -1.99. The largest absolute Gasteiger partial charge is 0.337 e. The van der Waals surface area contributed by atoms with Gasteiger partial charge in [0.2, 0.25) is 5.13 Å². The molecule has 102 valence electrons. The molecule has 0 aliphatic carbocycles. The van der Waals surface area contributed by atoms with Crippen LogP contribution >= 0.6 is 23.1 Å². The summed E-state index contributed by atoms with van der Waals surface area (Å²) in [6, 6.07) is 9.96. The van der Waals surface area contributed by atoms with E-state index in [1.54, 1.807) is 29.3 Å². The van der Waals surface area contributed by atoms with E-state index >= 15 is 0 Å². The second-order valence-electron chi connectivity index (χ2n) is 4.11. The topological polar surface area (TPSA) is 55.6 Å². The third-order valence-corrected chi connectivity index (χ3v) is 4.65. The Balaban J connectivity index is 1.61. The summed E-state index contributed by atoms with van der Waals surface area (Å²) in [6.07, 6.45) is 3.75. The molecule has 0 fully saturated rings. The van der Waals surface area contributed by atoms with Crippen molar-refractivity contribution in [3.8, 4) is 0 Å². The van der Waals surface area contributed by atoms with Gasteiger partial charge in [0.15, 0.2) is 4.34 Å². The molecule has 0 amide bonds. The number of thioether (sulfide) groups is 1. The number of rotatable bonds is 5. The Morgan fingerprint density at radius 2 is 2.10 bits per heavy atom. The van der Waals surface area contributed by atoms with Gasteiger partial charge in [-0.15, -0.1) is 10.2 Å². The van der Waals surface area contributed by atoms with Crippen LogP contribution in [0.2, 0.25) is 0 Å². The Kier molecular flexibility index (Phi) is 3.98. The zero-order chi connectivity index (χ0) is 13.8. The van der Waals surface area contributed by atoms with Crippen molar-refractivity contribution in [3.63, 3.8) is 0 Å². The van der Waals surface area contributed by atoms with Crippen LogP contribution < -0.4 is 5.32 Å². The fourth-order valence-electron chi connectivity index (χ4n) is 1.63. The molecule has 0 aliphatic rings. The number of benzene rings is 1. The summed E-state index contributed by atoms with van der Waals surface area (Å²) in [5.74, 6) is 1.83. The molecule has 20 heavy (non-hydrogen) atoms. The number of hydrogen-bond donors (Lipinski definition) is 1. The van der Waals surface area contributed by atoms with Gasteiger partial charge in [0.05, 0.1) is 5.75 Å². The molecular weight excluding hydrogens is 290 g/mol. The first kappa shape index (κ1) is 13.1. The van der Waals surface area contributed by atoms with Crippen LogP contribution in [-0.2, 0) is 12.8 Å². The summed E-state index contributed by atoms with van der Waals surface area (Å²) in [4.78, 5) is 4.29. The molecule has 5 nitrogen and oxygen atoms in total. The summed E-state index contributed by atoms with van der Waals surface area (Å²) in [5, 5.41) is 12.4. The number of hydrogen-bond acceptors (Lipinski definition) is 6. The highest BCUT2D eigenvalue weighted by Crippen LogP contribution is 2.29. The summed E-state index contributed by atoms with van der Waals surface area (Å²) >= 11 is 3.19. The highest BCUT2D eigenvalue weighted by atomic mass is 32.2. The van der Waals surface area contributed by atoms with Gasteiger partial charge in [-0.3, -0.25) is 0 Å². The van der Waals surface area contributed by atoms with Crippen LogP contribution in [0.3, 0.4) is 0 Å². The molecule has 0 spiro atoms. The molecule has 3 rings (SSSR count). The number of nitrogens with zero attached hydrogens (tertiary/aromatic N) is 4. The SMILES string of the molecule is Cn1ccnc1CSc1nnc(Nc2ccccc2)s1. The number of aromatic nitrogens is 4. The molecule has 1 N–H and O–H groups in total. The van der Waals surface area contributed by atoms with Gasteiger partial charge in [-0.05, 0) is 12.1 Å². The van der Waals surface area contributed by atoms with E-state index in [1.807, 2.05) is 48.1 Å². The van der Waals surface area contributed by atoms with Crippen LogP contribution in [-0.4, -0.2) is 19.7 Å². The predicted octanol–water partition coefficient (Wildman–Crippen LogP) is 3.31. The second kappa shape index (κ2) is 6.06. The lowest BCUT2D eigenvalue weighted by molar-refractivity contribution is 0.848. The maximum absolute atomic E-state index is 4.29. The monoisotopic (exact) mass is 303 g/mol. The smallest absolute Gasteiger partial charge is 0.210 e. The summed E-state index contributed by atoms with van der Waals surface area (Å²) < 4.78 is 2.95. The van der Waals surface area contributed by atoms with Gasteiger partial charge >= 0.3 is 0 Å². The summed E-state index contributed by atoms with van der Waals surface area (Å²) in [5.41, 5.74) is 1.02. The third kappa shape index (κ3) is 3.17. The fraction of sp³-hybridized carbons (Fsp3) is 0.154. The highest BCUT2D eigenvalue weighted by Gasteiger charge is 2.07. The van der Waals surface area contributed by atoms with Crippen molar-refractivity contribution in [2.24, 2.45) is 7.05 Å². The molecule has 2 aromatic heterocycles. The maximum Gasteiger partial charge on any atom is 0.210 e. The maximum atomic E-state index is 4.29. The molecule has 1 aromatic carbocycles. The van der Waals surface area contributed by atoms with Crippen molar-refractivity contribution >= 4 is 33.9 Å². The van der Waals surface area contributed by atoms with Gasteiger partial charge in [-0.25, -0.2) is 4.98 Å². The zero-order valence-electron chi connectivity index (χ0n) is 10.9. The molecule has 0 aliphatic heterocycles. The van der Waals surface area contributed by atoms with Crippen LogP contribution in [0.5, 0.6) is 0 Å². The third-order valence-electron chi connectivity index (χ3n) is 2.68. The van der Waals surface area contributed by atoms with Crippen LogP contribution in [0, 0.1) is 0 Å². The minimum atomic E-state index is 0.795. The number of aryl methyl sites for hydroxylation is 1. The van der Waals surface area contributed by atoms with Gasteiger partial charge in [0.1, 0.15) is 5.82 Å². The van der Waals surface area contributed by atoms with E-state index in [0.29, 0.717) is 0 Å². The number of imidazole rings is 1. The molecule has 0 radical (unpaired) electrons. The number of para-hydroxylation sites is 1. The minimum Gasteiger partial charge on any atom is -0.337 e. The van der Waals surface area contributed by atoms with Gasteiger partial charge in [0, 0.05) is 25.1 Å². The highest BCUT2D eigenvalue weighted by molar-refractivity contribution is 8.00. The van der Waals surface area contributed by atoms with Crippen LogP contribution in [0.1, 0.15) is 5.82 Å². The van der Waals surface area contributed by atoms with Crippen LogP contribution in [0.4, 0.5) is 10.8 Å². The minimum absolute atomic E-state index is 0.795. The zero-order valence-corrected chi connectivity index (χ0v) is 12.5. The van der Waals surface area contributed by atoms with Gasteiger partial charge in [-0.1, -0.05) is 41.3 Å². The quantitative estimate of drug-likeness (QED) is 0.733. The molecule has 7 heteroatoms. The molecule has 0 saturated heterocycles. The van der Waals surface area contributed by atoms with E-state index in [2.05, 4.69) is 20.5 Å². The van der Waals surface area contributed by atoms with E-state index in [0.717, 1.165) is 26.7 Å². The normalized spacial score (nSPS) is 10.7. The first-order valence-electron chi connectivity index (χ1n) is 6.06. The van der Waals surface area contributed by atoms with Crippen molar-refractivity contribution in [1.82, 2.24) is 19.7 Å². The van der Waals surface area contributed by atoms with E-state index in [4.69, 9.17) is 0 Å². The van der Waals surface area contributed by atoms with Gasteiger partial charge in [-0.2, -0.15) is 0 Å². The molecule has 3 aromatic rings. The van der Waals surface area contributed by atoms with Crippen molar-refractivity contribution in [1.29, 1.82) is 0 Å². The Bertz CT molecular complexity index is 677. The Hall–Kier alpha value is -1.86. The van der Waals surface area contributed by atoms with Gasteiger partial charge < -0.3 is 9.88 Å². The molecule has 0 unspecified atom stereocenters. The number of nitrogens with one attached hydrogen (secondary N) is 1. The Labute approximate surface area is 125 Å². The fourth-order valence-corrected chi connectivity index (χ4v) is 3.40. The lowest BCUT2D eigenvalue weighted by Crippen LogP contribution is -1.93. The Morgan fingerprint density at radius 1 is 1.25 bits per heavy atom. The van der Waals surface area contributed by atoms with E-state index in [-0.39, 0.29) is 0 Å². The van der Waals surface area contributed by atoms with E-state index < -0.39 is 0 Å². The second-order valence-corrected chi connectivity index (χ2v) is 6.31. The Morgan fingerprint density at radius 3 is 2.85 bits per heavy atom. The van der Waals surface area contributed by atoms with E-state index in [1.165, 1.54) is 0 Å². The van der Waals surface area contributed by atoms with Crippen molar-refractivity contribution in [3.05, 3.63) is 48.5 Å². The van der Waals surface area contributed by atoms with Gasteiger partial charge in [0.25, 0.3) is 0 Å². The molecular formula is C13H13N5S2. The van der Waals surface area contributed by atoms with Crippen molar-refractivity contribution in [2.75, 3.05) is 5.32 Å². The standard InChI is InChI=1S/C13H13N5S2/c1-18-8-7-14-11(18)9-19-13-17-16-12(20-13)15-10-5-3-2-4-6-10/h2-8H,9H2,1H3,(H,15,16). The van der Waals surface area contributed by atoms with E-state index in [9.17, 15) is 0 Å². The summed E-state index contributed by atoms with van der Waals surface area (Å²) in [6.45, 7) is 0. The van der Waals surface area contributed by atoms with Crippen molar-refractivity contribution < 1.29 is 0 Å². The molecule has 0 bridgehead atoms.